The third kappa shape index (κ3) is 7.17. The van der Waals surface area contributed by atoms with Gasteiger partial charge in [0.2, 0.25) is 0 Å². The standard InChI is InChI=1S/C8H16IN3.C2H6/c1-5-8(7-11(4)9)12(6-2)10-3;1-2/h7H,3,5-6H2,1-2,4H3;1-2H3/b8-7-;. The molecule has 0 saturated heterocycles. The van der Waals surface area contributed by atoms with E-state index in [0.717, 1.165) is 13.0 Å². The number of hydrazone groups is 1. The Hall–Kier alpha value is -0.260. The van der Waals surface area contributed by atoms with Crippen LogP contribution in [0.15, 0.2) is 17.0 Å². The van der Waals surface area contributed by atoms with Crippen LogP contribution in [0.2, 0.25) is 0 Å². The van der Waals surface area contributed by atoms with Crippen LogP contribution in [-0.2, 0) is 0 Å². The van der Waals surface area contributed by atoms with Gasteiger partial charge in [0.15, 0.2) is 0 Å². The summed E-state index contributed by atoms with van der Waals surface area (Å²) < 4.78 is 1.99. The summed E-state index contributed by atoms with van der Waals surface area (Å²) in [5, 5.41) is 5.81. The molecule has 0 saturated carbocycles. The fourth-order valence-corrected chi connectivity index (χ4v) is 1.26. The maximum Gasteiger partial charge on any atom is 0.0583 e. The van der Waals surface area contributed by atoms with Crippen molar-refractivity contribution in [1.29, 1.82) is 0 Å². The topological polar surface area (TPSA) is 18.8 Å². The van der Waals surface area contributed by atoms with Gasteiger partial charge >= 0.3 is 0 Å². The third-order valence-corrected chi connectivity index (χ3v) is 1.77. The summed E-state index contributed by atoms with van der Waals surface area (Å²) in [5.74, 6) is 0. The molecule has 0 aliphatic rings. The van der Waals surface area contributed by atoms with Crippen molar-refractivity contribution < 1.29 is 0 Å². The van der Waals surface area contributed by atoms with Crippen LogP contribution in [0.4, 0.5) is 0 Å². The van der Waals surface area contributed by atoms with E-state index in [1.807, 2.05) is 29.0 Å². The van der Waals surface area contributed by atoms with E-state index in [9.17, 15) is 0 Å². The minimum absolute atomic E-state index is 0.869. The molecule has 0 amide bonds. The number of hydrogen-bond donors (Lipinski definition) is 0. The van der Waals surface area contributed by atoms with Gasteiger partial charge in [-0.05, 0) is 13.3 Å². The predicted molar refractivity (Wildman–Crippen MR) is 73.4 cm³/mol. The zero-order valence-corrected chi connectivity index (χ0v) is 12.1. The zero-order valence-electron chi connectivity index (χ0n) is 9.92. The fourth-order valence-electron chi connectivity index (χ4n) is 0.940. The second-order valence-electron chi connectivity index (χ2n) is 2.36. The van der Waals surface area contributed by atoms with E-state index in [1.54, 1.807) is 0 Å². The number of nitrogens with zero attached hydrogens (tertiary/aromatic N) is 3. The van der Waals surface area contributed by atoms with Gasteiger partial charge in [-0.3, -0.25) is 5.01 Å². The molecule has 0 heterocycles. The lowest BCUT2D eigenvalue weighted by Crippen LogP contribution is -2.16. The first-order valence-electron chi connectivity index (χ1n) is 4.99. The highest BCUT2D eigenvalue weighted by molar-refractivity contribution is 14.1. The average molecular weight is 311 g/mol. The first kappa shape index (κ1) is 16.2. The van der Waals surface area contributed by atoms with Gasteiger partial charge in [-0.25, -0.2) is 0 Å². The summed E-state index contributed by atoms with van der Waals surface area (Å²) in [5.41, 5.74) is 1.18. The van der Waals surface area contributed by atoms with Crippen LogP contribution in [0.3, 0.4) is 0 Å². The molecule has 0 atom stereocenters. The minimum Gasteiger partial charge on any atom is -0.323 e. The molecule has 0 aromatic rings. The maximum atomic E-state index is 3.92. The molecule has 4 heteroatoms. The van der Waals surface area contributed by atoms with Crippen LogP contribution in [0, 0.1) is 0 Å². The van der Waals surface area contributed by atoms with Crippen LogP contribution < -0.4 is 0 Å². The highest BCUT2D eigenvalue weighted by Gasteiger charge is 2.02. The number of hydrogen-bond acceptors (Lipinski definition) is 3. The monoisotopic (exact) mass is 311 g/mol. The quantitative estimate of drug-likeness (QED) is 0.335. The van der Waals surface area contributed by atoms with Crippen molar-refractivity contribution >= 4 is 29.6 Å². The van der Waals surface area contributed by atoms with Crippen molar-refractivity contribution in [2.75, 3.05) is 13.6 Å². The average Bonchev–Trinajstić information content (AvgIpc) is 2.20. The van der Waals surface area contributed by atoms with Gasteiger partial charge in [0.05, 0.1) is 28.6 Å². The highest BCUT2D eigenvalue weighted by Crippen LogP contribution is 2.10. The van der Waals surface area contributed by atoms with Crippen molar-refractivity contribution in [2.24, 2.45) is 5.10 Å². The van der Waals surface area contributed by atoms with Crippen LogP contribution in [0.1, 0.15) is 34.1 Å². The summed E-state index contributed by atoms with van der Waals surface area (Å²) >= 11 is 2.22. The van der Waals surface area contributed by atoms with E-state index in [2.05, 4.69) is 54.7 Å². The number of allylic oxidation sites excluding steroid dienone is 1. The van der Waals surface area contributed by atoms with Crippen LogP contribution >= 0.6 is 22.9 Å². The molecule has 3 nitrogen and oxygen atoms in total. The van der Waals surface area contributed by atoms with Crippen LogP contribution in [-0.4, -0.2) is 28.4 Å². The highest BCUT2D eigenvalue weighted by atomic mass is 127. The van der Waals surface area contributed by atoms with Gasteiger partial charge in [-0.1, -0.05) is 20.8 Å². The van der Waals surface area contributed by atoms with E-state index in [1.165, 1.54) is 5.70 Å². The van der Waals surface area contributed by atoms with E-state index >= 15 is 0 Å². The molecule has 0 aromatic heterocycles. The lowest BCUT2D eigenvalue weighted by molar-refractivity contribution is 0.371. The zero-order chi connectivity index (χ0) is 11.6. The van der Waals surface area contributed by atoms with Gasteiger partial charge in [0, 0.05) is 26.5 Å². The molecule has 0 N–H and O–H groups in total. The molecule has 0 rings (SSSR count). The molecule has 0 fully saturated rings. The Balaban J connectivity index is 0. The summed E-state index contributed by atoms with van der Waals surface area (Å²) in [4.78, 5) is 0. The van der Waals surface area contributed by atoms with Gasteiger partial charge in [-0.15, -0.1) is 0 Å². The van der Waals surface area contributed by atoms with E-state index in [4.69, 9.17) is 0 Å². The molecule has 84 valence electrons. The molecule has 0 aliphatic heterocycles. The van der Waals surface area contributed by atoms with Crippen molar-refractivity contribution in [3.05, 3.63) is 11.9 Å². The Kier molecular flexibility index (Phi) is 12.5. The molecule has 14 heavy (non-hydrogen) atoms. The van der Waals surface area contributed by atoms with Gasteiger partial charge < -0.3 is 3.11 Å². The minimum atomic E-state index is 0.869. The largest absolute Gasteiger partial charge is 0.323 e. The first-order chi connectivity index (χ1) is 6.65. The second-order valence-corrected chi connectivity index (χ2v) is 3.88. The Morgan fingerprint density at radius 3 is 2.14 bits per heavy atom. The lowest BCUT2D eigenvalue weighted by atomic mass is 10.3. The van der Waals surface area contributed by atoms with Crippen molar-refractivity contribution in [2.45, 2.75) is 34.1 Å². The lowest BCUT2D eigenvalue weighted by Gasteiger charge is -2.19. The summed E-state index contributed by atoms with van der Waals surface area (Å²) in [6, 6.07) is 0. The molecule has 0 aliphatic carbocycles. The fraction of sp³-hybridized carbons (Fsp3) is 0.700. The molecule has 0 spiro atoms. The van der Waals surface area contributed by atoms with Crippen LogP contribution in [0.25, 0.3) is 0 Å². The normalized spacial score (nSPS) is 10.0. The summed E-state index contributed by atoms with van der Waals surface area (Å²) in [7, 11) is 1.99. The summed E-state index contributed by atoms with van der Waals surface area (Å²) in [6.45, 7) is 12.6. The molecule has 0 radical (unpaired) electrons. The van der Waals surface area contributed by atoms with Gasteiger partial charge in [-0.2, -0.15) is 5.10 Å². The maximum absolute atomic E-state index is 3.92. The van der Waals surface area contributed by atoms with Crippen molar-refractivity contribution in [3.63, 3.8) is 0 Å². The van der Waals surface area contributed by atoms with Crippen molar-refractivity contribution in [3.8, 4) is 0 Å². The first-order valence-corrected chi connectivity index (χ1v) is 5.95. The molecular formula is C10H22IN3. The number of halogens is 1. The smallest absolute Gasteiger partial charge is 0.0583 e. The predicted octanol–water partition coefficient (Wildman–Crippen LogP) is 3.48. The Bertz CT molecular complexity index is 167. The van der Waals surface area contributed by atoms with Gasteiger partial charge in [0.25, 0.3) is 0 Å². The van der Waals surface area contributed by atoms with Gasteiger partial charge in [0.1, 0.15) is 0 Å². The second kappa shape index (κ2) is 10.8. The summed E-state index contributed by atoms with van der Waals surface area (Å²) in [6.07, 6.45) is 3.03. The number of rotatable bonds is 5. The molecule has 0 unspecified atom stereocenters. The van der Waals surface area contributed by atoms with Crippen LogP contribution in [0.5, 0.6) is 0 Å². The van der Waals surface area contributed by atoms with E-state index < -0.39 is 0 Å². The van der Waals surface area contributed by atoms with E-state index in [0.29, 0.717) is 0 Å². The van der Waals surface area contributed by atoms with Crippen molar-refractivity contribution in [1.82, 2.24) is 8.12 Å². The Labute approximate surface area is 102 Å². The molecule has 0 bridgehead atoms. The molecule has 0 aromatic carbocycles. The Morgan fingerprint density at radius 2 is 1.93 bits per heavy atom. The Morgan fingerprint density at radius 1 is 1.43 bits per heavy atom. The molecular weight excluding hydrogens is 289 g/mol. The van der Waals surface area contributed by atoms with E-state index in [-0.39, 0.29) is 0 Å². The third-order valence-electron chi connectivity index (χ3n) is 1.49. The SMILES string of the molecule is C=NN(CC)/C(=C\N(C)I)CC.CC.